The predicted molar refractivity (Wildman–Crippen MR) is 73.7 cm³/mol. The van der Waals surface area contributed by atoms with Gasteiger partial charge in [-0.05, 0) is 12.3 Å². The number of hydrogen-bond donors (Lipinski definition) is 2. The summed E-state index contributed by atoms with van der Waals surface area (Å²) in [6.07, 6.45) is 5.95. The average molecular weight is 261 g/mol. The van der Waals surface area contributed by atoms with Crippen LogP contribution in [0.25, 0.3) is 0 Å². The number of nitrogen functional groups attached to an aromatic ring is 1. The van der Waals surface area contributed by atoms with Crippen LogP contribution in [-0.4, -0.2) is 31.5 Å². The van der Waals surface area contributed by atoms with E-state index in [1.54, 1.807) is 10.9 Å². The van der Waals surface area contributed by atoms with Gasteiger partial charge in [-0.3, -0.25) is 4.68 Å². The largest absolute Gasteiger partial charge is 0.383 e. The zero-order valence-electron chi connectivity index (χ0n) is 11.2. The van der Waals surface area contributed by atoms with Crippen molar-refractivity contribution < 1.29 is 0 Å². The van der Waals surface area contributed by atoms with Crippen molar-refractivity contribution in [1.29, 1.82) is 0 Å². The van der Waals surface area contributed by atoms with Crippen LogP contribution in [0.1, 0.15) is 31.7 Å². The zero-order valence-corrected chi connectivity index (χ0v) is 11.2. The minimum atomic E-state index is 0.291. The summed E-state index contributed by atoms with van der Waals surface area (Å²) in [6, 6.07) is 0. The standard InChI is InChI=1S/C12H19N7/c1-9(2)10-11(13)15-8-16-12(10)14-4-3-6-19-7-5-17-18-19/h5,7-9H,3-4,6H2,1-2H3,(H3,13,14,15,16). The van der Waals surface area contributed by atoms with E-state index in [2.05, 4.69) is 39.4 Å². The van der Waals surface area contributed by atoms with Gasteiger partial charge in [0.05, 0.1) is 6.20 Å². The molecule has 2 aromatic heterocycles. The highest BCUT2D eigenvalue weighted by Crippen LogP contribution is 2.25. The third-order valence-corrected chi connectivity index (χ3v) is 2.82. The van der Waals surface area contributed by atoms with E-state index in [0.717, 1.165) is 30.9 Å². The average Bonchev–Trinajstić information content (AvgIpc) is 2.87. The summed E-state index contributed by atoms with van der Waals surface area (Å²) in [5, 5.41) is 11.0. The Morgan fingerprint density at radius 1 is 1.37 bits per heavy atom. The lowest BCUT2D eigenvalue weighted by molar-refractivity contribution is 0.569. The molecule has 19 heavy (non-hydrogen) atoms. The molecule has 2 rings (SSSR count). The molecule has 0 radical (unpaired) electrons. The lowest BCUT2D eigenvalue weighted by Crippen LogP contribution is -2.12. The lowest BCUT2D eigenvalue weighted by atomic mass is 10.0. The second kappa shape index (κ2) is 6.12. The molecule has 102 valence electrons. The van der Waals surface area contributed by atoms with Crippen molar-refractivity contribution in [2.75, 3.05) is 17.6 Å². The molecule has 0 aliphatic rings. The molecule has 0 aromatic carbocycles. The van der Waals surface area contributed by atoms with Crippen molar-refractivity contribution in [3.05, 3.63) is 24.3 Å². The number of anilines is 2. The first-order valence-electron chi connectivity index (χ1n) is 6.37. The van der Waals surface area contributed by atoms with Gasteiger partial charge in [-0.2, -0.15) is 0 Å². The number of nitrogens with zero attached hydrogens (tertiary/aromatic N) is 5. The Balaban J connectivity index is 1.90. The van der Waals surface area contributed by atoms with Crippen molar-refractivity contribution in [2.24, 2.45) is 0 Å². The van der Waals surface area contributed by atoms with Crippen LogP contribution in [0, 0.1) is 0 Å². The molecular weight excluding hydrogens is 242 g/mol. The molecule has 0 unspecified atom stereocenters. The van der Waals surface area contributed by atoms with Gasteiger partial charge in [0.25, 0.3) is 0 Å². The number of aryl methyl sites for hydroxylation is 1. The SMILES string of the molecule is CC(C)c1c(N)ncnc1NCCCn1ccnn1. The van der Waals surface area contributed by atoms with Crippen LogP contribution < -0.4 is 11.1 Å². The van der Waals surface area contributed by atoms with Gasteiger partial charge in [-0.15, -0.1) is 5.10 Å². The van der Waals surface area contributed by atoms with E-state index >= 15 is 0 Å². The maximum Gasteiger partial charge on any atom is 0.134 e. The molecule has 0 saturated carbocycles. The van der Waals surface area contributed by atoms with Gasteiger partial charge >= 0.3 is 0 Å². The van der Waals surface area contributed by atoms with Crippen LogP contribution in [0.4, 0.5) is 11.6 Å². The Morgan fingerprint density at radius 3 is 2.89 bits per heavy atom. The molecule has 0 aliphatic heterocycles. The normalized spacial score (nSPS) is 10.9. The highest BCUT2D eigenvalue weighted by Gasteiger charge is 2.12. The molecule has 0 atom stereocenters. The van der Waals surface area contributed by atoms with Crippen LogP contribution in [0.2, 0.25) is 0 Å². The topological polar surface area (TPSA) is 94.5 Å². The van der Waals surface area contributed by atoms with Crippen molar-refractivity contribution in [1.82, 2.24) is 25.0 Å². The molecule has 2 aromatic rings. The van der Waals surface area contributed by atoms with Gasteiger partial charge in [0.2, 0.25) is 0 Å². The van der Waals surface area contributed by atoms with Gasteiger partial charge in [0, 0.05) is 24.8 Å². The van der Waals surface area contributed by atoms with Gasteiger partial charge < -0.3 is 11.1 Å². The van der Waals surface area contributed by atoms with Crippen molar-refractivity contribution in [2.45, 2.75) is 32.7 Å². The quantitative estimate of drug-likeness (QED) is 0.760. The van der Waals surface area contributed by atoms with Crippen LogP contribution in [-0.2, 0) is 6.54 Å². The Morgan fingerprint density at radius 2 is 2.21 bits per heavy atom. The number of hydrogen-bond acceptors (Lipinski definition) is 6. The number of aromatic nitrogens is 5. The first-order valence-corrected chi connectivity index (χ1v) is 6.37. The lowest BCUT2D eigenvalue weighted by Gasteiger charge is -2.14. The Kier molecular flexibility index (Phi) is 4.27. The summed E-state index contributed by atoms with van der Waals surface area (Å²) in [5.41, 5.74) is 6.87. The summed E-state index contributed by atoms with van der Waals surface area (Å²) < 4.78 is 1.80. The monoisotopic (exact) mass is 261 g/mol. The van der Waals surface area contributed by atoms with Gasteiger partial charge in [0.15, 0.2) is 0 Å². The molecule has 2 heterocycles. The predicted octanol–water partition coefficient (Wildman–Crippen LogP) is 1.28. The summed E-state index contributed by atoms with van der Waals surface area (Å²) in [7, 11) is 0. The molecule has 7 nitrogen and oxygen atoms in total. The van der Waals surface area contributed by atoms with E-state index in [4.69, 9.17) is 5.73 Å². The van der Waals surface area contributed by atoms with Crippen molar-refractivity contribution in [3.63, 3.8) is 0 Å². The number of nitrogens with one attached hydrogen (secondary N) is 1. The smallest absolute Gasteiger partial charge is 0.134 e. The van der Waals surface area contributed by atoms with E-state index in [0.29, 0.717) is 11.7 Å². The molecule has 0 aliphatic carbocycles. The maximum atomic E-state index is 5.89. The third kappa shape index (κ3) is 3.40. The fraction of sp³-hybridized carbons (Fsp3) is 0.500. The first-order chi connectivity index (χ1) is 9.18. The van der Waals surface area contributed by atoms with Crippen molar-refractivity contribution >= 4 is 11.6 Å². The first kappa shape index (κ1) is 13.3. The Labute approximate surface area is 112 Å². The highest BCUT2D eigenvalue weighted by molar-refractivity contribution is 5.56. The fourth-order valence-electron chi connectivity index (χ4n) is 1.92. The summed E-state index contributed by atoms with van der Waals surface area (Å²) in [5.74, 6) is 1.66. The molecule has 3 N–H and O–H groups in total. The summed E-state index contributed by atoms with van der Waals surface area (Å²) >= 11 is 0. The molecule has 0 spiro atoms. The van der Waals surface area contributed by atoms with E-state index in [1.807, 2.05) is 6.20 Å². The van der Waals surface area contributed by atoms with Gasteiger partial charge in [0.1, 0.15) is 18.0 Å². The molecule has 7 heteroatoms. The Bertz CT molecular complexity index is 507. The number of nitrogens with two attached hydrogens (primary N) is 1. The summed E-state index contributed by atoms with van der Waals surface area (Å²) in [4.78, 5) is 8.29. The van der Waals surface area contributed by atoms with Crippen LogP contribution >= 0.6 is 0 Å². The second-order valence-electron chi connectivity index (χ2n) is 4.62. The second-order valence-corrected chi connectivity index (χ2v) is 4.62. The van der Waals surface area contributed by atoms with Crippen LogP contribution in [0.3, 0.4) is 0 Å². The minimum Gasteiger partial charge on any atom is -0.383 e. The number of rotatable bonds is 6. The summed E-state index contributed by atoms with van der Waals surface area (Å²) in [6.45, 7) is 5.78. The zero-order chi connectivity index (χ0) is 13.7. The minimum absolute atomic E-state index is 0.291. The van der Waals surface area contributed by atoms with E-state index in [9.17, 15) is 0 Å². The van der Waals surface area contributed by atoms with E-state index in [-0.39, 0.29) is 0 Å². The molecule has 0 saturated heterocycles. The maximum absolute atomic E-state index is 5.89. The van der Waals surface area contributed by atoms with Crippen LogP contribution in [0.15, 0.2) is 18.7 Å². The van der Waals surface area contributed by atoms with Gasteiger partial charge in [-0.25, -0.2) is 9.97 Å². The van der Waals surface area contributed by atoms with E-state index < -0.39 is 0 Å². The molecule has 0 amide bonds. The fourth-order valence-corrected chi connectivity index (χ4v) is 1.92. The van der Waals surface area contributed by atoms with Crippen molar-refractivity contribution in [3.8, 4) is 0 Å². The highest BCUT2D eigenvalue weighted by atomic mass is 15.4. The Hall–Kier alpha value is -2.18. The van der Waals surface area contributed by atoms with Gasteiger partial charge in [-0.1, -0.05) is 19.1 Å². The van der Waals surface area contributed by atoms with E-state index in [1.165, 1.54) is 6.33 Å². The molecular formula is C12H19N7. The molecule has 0 bridgehead atoms. The third-order valence-electron chi connectivity index (χ3n) is 2.82. The molecule has 0 fully saturated rings. The van der Waals surface area contributed by atoms with Crippen LogP contribution in [0.5, 0.6) is 0 Å².